The van der Waals surface area contributed by atoms with Crippen molar-refractivity contribution in [2.24, 2.45) is 0 Å². The molecule has 1 rings (SSSR count). The van der Waals surface area contributed by atoms with Gasteiger partial charge in [0.2, 0.25) is 0 Å². The van der Waals surface area contributed by atoms with Gasteiger partial charge in [-0.1, -0.05) is 0 Å². The summed E-state index contributed by atoms with van der Waals surface area (Å²) in [7, 11) is 0.573. The van der Waals surface area contributed by atoms with E-state index in [1.54, 1.807) is 0 Å². The summed E-state index contributed by atoms with van der Waals surface area (Å²) >= 11 is 0. The standard InChI is InChI=1S/C4H9O2P/c1-2-5-4-7-6-3-1/h7H,1-4H2. The smallest absolute Gasteiger partial charge is 0.0879 e. The van der Waals surface area contributed by atoms with Crippen molar-refractivity contribution in [3.8, 4) is 0 Å². The summed E-state index contributed by atoms with van der Waals surface area (Å²) < 4.78 is 10.2. The van der Waals surface area contributed by atoms with Crippen molar-refractivity contribution in [1.29, 1.82) is 0 Å². The fraction of sp³-hybridized carbons (Fsp3) is 1.00. The Bertz CT molecular complexity index is 29.3. The molecule has 0 N–H and O–H groups in total. The summed E-state index contributed by atoms with van der Waals surface area (Å²) in [5, 5.41) is 0. The third kappa shape index (κ3) is 2.22. The van der Waals surface area contributed by atoms with Gasteiger partial charge in [-0.15, -0.1) is 0 Å². The fourth-order valence-electron chi connectivity index (χ4n) is 0.461. The molecule has 42 valence electrons. The van der Waals surface area contributed by atoms with Gasteiger partial charge in [0, 0.05) is 15.4 Å². The molecule has 1 unspecified atom stereocenters. The normalized spacial score (nSPS) is 27.4. The molecule has 1 aliphatic heterocycles. The Morgan fingerprint density at radius 1 is 1.29 bits per heavy atom. The fourth-order valence-corrected chi connectivity index (χ4v) is 1.06. The predicted molar refractivity (Wildman–Crippen MR) is 29.7 cm³/mol. The molecule has 1 atom stereocenters. The van der Waals surface area contributed by atoms with Crippen molar-refractivity contribution >= 4 is 8.81 Å². The first-order valence-electron chi connectivity index (χ1n) is 2.42. The van der Waals surface area contributed by atoms with Crippen molar-refractivity contribution < 1.29 is 9.26 Å². The van der Waals surface area contributed by atoms with E-state index >= 15 is 0 Å². The lowest BCUT2D eigenvalue weighted by molar-refractivity contribution is 0.181. The minimum absolute atomic E-state index is 0.573. The highest BCUT2D eigenvalue weighted by atomic mass is 31.1. The number of hydrogen-bond donors (Lipinski definition) is 0. The molecular weight excluding hydrogens is 111 g/mol. The topological polar surface area (TPSA) is 18.5 Å². The van der Waals surface area contributed by atoms with Gasteiger partial charge in [-0.3, -0.25) is 0 Å². The predicted octanol–water partition coefficient (Wildman–Crippen LogP) is 0.974. The molecule has 0 aliphatic carbocycles. The molecule has 3 heteroatoms. The second-order valence-corrected chi connectivity index (χ2v) is 2.26. The minimum atomic E-state index is 0.573. The van der Waals surface area contributed by atoms with Crippen LogP contribution in [0, 0.1) is 0 Å². The van der Waals surface area contributed by atoms with Gasteiger partial charge < -0.3 is 9.26 Å². The first-order chi connectivity index (χ1) is 3.50. The van der Waals surface area contributed by atoms with E-state index in [-0.39, 0.29) is 0 Å². The summed E-state index contributed by atoms with van der Waals surface area (Å²) in [6.07, 6.45) is 1.87. The molecule has 0 aromatic carbocycles. The van der Waals surface area contributed by atoms with Crippen LogP contribution in [0.15, 0.2) is 0 Å². The van der Waals surface area contributed by atoms with Crippen molar-refractivity contribution in [3.05, 3.63) is 0 Å². The molecule has 0 spiro atoms. The van der Waals surface area contributed by atoms with Crippen molar-refractivity contribution in [3.63, 3.8) is 0 Å². The highest BCUT2D eigenvalue weighted by Gasteiger charge is 1.94. The van der Waals surface area contributed by atoms with E-state index in [9.17, 15) is 0 Å². The Labute approximate surface area is 45.1 Å². The van der Waals surface area contributed by atoms with Crippen LogP contribution in [0.4, 0.5) is 0 Å². The van der Waals surface area contributed by atoms with Gasteiger partial charge in [0.05, 0.1) is 13.0 Å². The molecule has 1 heterocycles. The van der Waals surface area contributed by atoms with Crippen LogP contribution in [0.2, 0.25) is 0 Å². The van der Waals surface area contributed by atoms with E-state index < -0.39 is 0 Å². The van der Waals surface area contributed by atoms with Crippen LogP contribution in [0.3, 0.4) is 0 Å². The van der Waals surface area contributed by atoms with Crippen LogP contribution >= 0.6 is 8.81 Å². The summed E-state index contributed by atoms with van der Waals surface area (Å²) in [5.41, 5.74) is 0. The maximum Gasteiger partial charge on any atom is 0.0879 e. The van der Waals surface area contributed by atoms with Gasteiger partial charge in [0.25, 0.3) is 0 Å². The zero-order chi connectivity index (χ0) is 4.95. The van der Waals surface area contributed by atoms with Crippen molar-refractivity contribution in [2.45, 2.75) is 6.42 Å². The second-order valence-electron chi connectivity index (χ2n) is 1.40. The summed E-state index contributed by atoms with van der Waals surface area (Å²) in [6.45, 7) is 1.77. The van der Waals surface area contributed by atoms with Crippen molar-refractivity contribution in [1.82, 2.24) is 0 Å². The second kappa shape index (κ2) is 3.36. The zero-order valence-corrected chi connectivity index (χ0v) is 5.14. The highest BCUT2D eigenvalue weighted by Crippen LogP contribution is 2.14. The quantitative estimate of drug-likeness (QED) is 0.443. The molecule has 0 saturated carbocycles. The van der Waals surface area contributed by atoms with Gasteiger partial charge >= 0.3 is 0 Å². The maximum atomic E-state index is 5.10. The Kier molecular flexibility index (Phi) is 2.64. The molecule has 2 nitrogen and oxygen atoms in total. The van der Waals surface area contributed by atoms with Gasteiger partial charge in [-0.25, -0.2) is 0 Å². The monoisotopic (exact) mass is 120 g/mol. The van der Waals surface area contributed by atoms with Gasteiger partial charge in [-0.05, 0) is 6.42 Å². The molecule has 1 fully saturated rings. The molecule has 0 aromatic heterocycles. The SMILES string of the molecule is C1COCPOC1. The summed E-state index contributed by atoms with van der Waals surface area (Å²) in [6, 6.07) is 0. The molecule has 1 saturated heterocycles. The lowest BCUT2D eigenvalue weighted by Crippen LogP contribution is -1.89. The van der Waals surface area contributed by atoms with Crippen LogP contribution in [0.1, 0.15) is 6.42 Å². The van der Waals surface area contributed by atoms with Gasteiger partial charge in [-0.2, -0.15) is 0 Å². The van der Waals surface area contributed by atoms with E-state index in [2.05, 4.69) is 0 Å². The molecule has 0 aromatic rings. The Morgan fingerprint density at radius 2 is 2.29 bits per heavy atom. The van der Waals surface area contributed by atoms with Crippen LogP contribution < -0.4 is 0 Å². The molecular formula is C4H9O2P. The van der Waals surface area contributed by atoms with E-state index in [0.717, 1.165) is 26.0 Å². The third-order valence-corrected chi connectivity index (χ3v) is 1.53. The molecule has 1 aliphatic rings. The van der Waals surface area contributed by atoms with Crippen LogP contribution in [-0.4, -0.2) is 19.6 Å². The van der Waals surface area contributed by atoms with Crippen LogP contribution in [0.5, 0.6) is 0 Å². The van der Waals surface area contributed by atoms with Gasteiger partial charge in [0.15, 0.2) is 0 Å². The molecule has 0 radical (unpaired) electrons. The zero-order valence-electron chi connectivity index (χ0n) is 4.14. The Morgan fingerprint density at radius 3 is 3.29 bits per heavy atom. The number of rotatable bonds is 0. The van der Waals surface area contributed by atoms with E-state index in [1.807, 2.05) is 0 Å². The van der Waals surface area contributed by atoms with E-state index in [1.165, 1.54) is 0 Å². The van der Waals surface area contributed by atoms with Crippen LogP contribution in [-0.2, 0) is 9.26 Å². The van der Waals surface area contributed by atoms with Crippen molar-refractivity contribution in [2.75, 3.05) is 19.6 Å². The first kappa shape index (κ1) is 5.49. The third-order valence-electron chi connectivity index (χ3n) is 0.798. The number of ether oxygens (including phenoxy) is 1. The first-order valence-corrected chi connectivity index (χ1v) is 3.54. The van der Waals surface area contributed by atoms with Crippen LogP contribution in [0.25, 0.3) is 0 Å². The van der Waals surface area contributed by atoms with E-state index in [4.69, 9.17) is 9.26 Å². The number of hydrogen-bond acceptors (Lipinski definition) is 2. The largest absolute Gasteiger partial charge is 0.375 e. The summed E-state index contributed by atoms with van der Waals surface area (Å²) in [5.74, 6) is 0. The Balaban J connectivity index is 2.04. The highest BCUT2D eigenvalue weighted by molar-refractivity contribution is 7.31. The lowest BCUT2D eigenvalue weighted by atomic mass is 10.5. The maximum absolute atomic E-state index is 5.10. The molecule has 0 amide bonds. The molecule has 0 bridgehead atoms. The minimum Gasteiger partial charge on any atom is -0.375 e. The average Bonchev–Trinajstić information content (AvgIpc) is 1.90. The molecule has 7 heavy (non-hydrogen) atoms. The lowest BCUT2D eigenvalue weighted by Gasteiger charge is -1.91. The average molecular weight is 120 g/mol. The van der Waals surface area contributed by atoms with Gasteiger partial charge in [0.1, 0.15) is 0 Å². The summed E-state index contributed by atoms with van der Waals surface area (Å²) in [4.78, 5) is 0. The Hall–Kier alpha value is 0.350. The van der Waals surface area contributed by atoms with E-state index in [0.29, 0.717) is 8.81 Å².